The molecule has 13 heavy (non-hydrogen) atoms. The Kier molecular flexibility index (Phi) is 3.43. The number of hydrogen-bond donors (Lipinski definition) is 2. The third-order valence-corrected chi connectivity index (χ3v) is 1.82. The molecule has 2 nitrogen and oxygen atoms in total. The Morgan fingerprint density at radius 3 is 2.46 bits per heavy atom. The van der Waals surface area contributed by atoms with Crippen LogP contribution in [0.1, 0.15) is 18.4 Å². The van der Waals surface area contributed by atoms with E-state index in [9.17, 15) is 4.39 Å². The van der Waals surface area contributed by atoms with E-state index in [1.165, 1.54) is 12.1 Å². The van der Waals surface area contributed by atoms with Crippen LogP contribution in [0.2, 0.25) is 0 Å². The molecule has 0 spiro atoms. The molecule has 0 fully saturated rings. The highest BCUT2D eigenvalue weighted by atomic mass is 19.1. The monoisotopic (exact) mass is 180 g/mol. The molecule has 1 rings (SSSR count). The summed E-state index contributed by atoms with van der Waals surface area (Å²) < 4.78 is 12.5. The minimum Gasteiger partial charge on any atom is -0.388 e. The van der Waals surface area contributed by atoms with E-state index < -0.39 is 0 Å². The Hall–Kier alpha value is -1.38. The Bertz CT molecular complexity index is 279. The van der Waals surface area contributed by atoms with Crippen molar-refractivity contribution in [3.8, 4) is 0 Å². The summed E-state index contributed by atoms with van der Waals surface area (Å²) in [7, 11) is 0. The van der Waals surface area contributed by atoms with Gasteiger partial charge in [-0.25, -0.2) is 4.39 Å². The highest BCUT2D eigenvalue weighted by Gasteiger charge is 1.95. The van der Waals surface area contributed by atoms with Gasteiger partial charge in [0, 0.05) is 6.42 Å². The fraction of sp³-hybridized carbons (Fsp3) is 0.300. The second kappa shape index (κ2) is 4.60. The van der Waals surface area contributed by atoms with Gasteiger partial charge in [-0.15, -0.1) is 0 Å². The molecule has 70 valence electrons. The van der Waals surface area contributed by atoms with E-state index in [1.54, 1.807) is 12.1 Å². The molecule has 0 heterocycles. The van der Waals surface area contributed by atoms with Gasteiger partial charge in [-0.2, -0.15) is 0 Å². The Morgan fingerprint density at radius 1 is 1.31 bits per heavy atom. The van der Waals surface area contributed by atoms with Crippen LogP contribution in [0.5, 0.6) is 0 Å². The fourth-order valence-electron chi connectivity index (χ4n) is 1.13. The van der Waals surface area contributed by atoms with Crippen molar-refractivity contribution in [1.82, 2.24) is 0 Å². The number of amidine groups is 1. The smallest absolute Gasteiger partial charge is 0.123 e. The van der Waals surface area contributed by atoms with Crippen molar-refractivity contribution in [3.05, 3.63) is 35.6 Å². The summed E-state index contributed by atoms with van der Waals surface area (Å²) in [5, 5.41) is 7.01. The Balaban J connectivity index is 2.37. The second-order valence-corrected chi connectivity index (χ2v) is 3.01. The molecule has 0 saturated carbocycles. The van der Waals surface area contributed by atoms with Gasteiger partial charge in [-0.1, -0.05) is 12.1 Å². The molecular weight excluding hydrogens is 167 g/mol. The fourth-order valence-corrected chi connectivity index (χ4v) is 1.13. The molecule has 3 N–H and O–H groups in total. The lowest BCUT2D eigenvalue weighted by molar-refractivity contribution is 0.626. The lowest BCUT2D eigenvalue weighted by Crippen LogP contribution is -2.09. The molecule has 0 saturated heterocycles. The largest absolute Gasteiger partial charge is 0.388 e. The normalized spacial score (nSPS) is 9.92. The Morgan fingerprint density at radius 2 is 1.92 bits per heavy atom. The first-order valence-electron chi connectivity index (χ1n) is 4.26. The SMILES string of the molecule is N=C(N)CCCc1ccc(F)cc1. The number of halogens is 1. The summed E-state index contributed by atoms with van der Waals surface area (Å²) in [6.45, 7) is 0. The van der Waals surface area contributed by atoms with E-state index in [-0.39, 0.29) is 11.7 Å². The summed E-state index contributed by atoms with van der Waals surface area (Å²) >= 11 is 0. The summed E-state index contributed by atoms with van der Waals surface area (Å²) in [6.07, 6.45) is 2.30. The van der Waals surface area contributed by atoms with Crippen LogP contribution < -0.4 is 5.73 Å². The predicted molar refractivity (Wildman–Crippen MR) is 51.3 cm³/mol. The lowest BCUT2D eigenvalue weighted by Gasteiger charge is -2.00. The maximum absolute atomic E-state index is 12.5. The van der Waals surface area contributed by atoms with Crippen LogP contribution >= 0.6 is 0 Å². The van der Waals surface area contributed by atoms with Crippen LogP contribution in [0.25, 0.3) is 0 Å². The minimum absolute atomic E-state index is 0.210. The average molecular weight is 180 g/mol. The first-order valence-corrected chi connectivity index (χ1v) is 4.26. The standard InChI is InChI=1S/C10H13FN2/c11-9-6-4-8(5-7-9)2-1-3-10(12)13/h4-7H,1-3H2,(H3,12,13). The van der Waals surface area contributed by atoms with Gasteiger partial charge < -0.3 is 5.73 Å². The zero-order valence-electron chi connectivity index (χ0n) is 7.39. The van der Waals surface area contributed by atoms with Crippen LogP contribution in [-0.2, 0) is 6.42 Å². The van der Waals surface area contributed by atoms with Gasteiger partial charge in [0.2, 0.25) is 0 Å². The van der Waals surface area contributed by atoms with Crippen LogP contribution in [0.4, 0.5) is 4.39 Å². The molecule has 0 aliphatic carbocycles. The molecule has 0 aliphatic rings. The summed E-state index contributed by atoms with van der Waals surface area (Å²) in [5.41, 5.74) is 6.29. The van der Waals surface area contributed by atoms with E-state index in [1.807, 2.05) is 0 Å². The van der Waals surface area contributed by atoms with Crippen LogP contribution in [0.3, 0.4) is 0 Å². The minimum atomic E-state index is -0.213. The van der Waals surface area contributed by atoms with Gasteiger partial charge in [0.25, 0.3) is 0 Å². The van der Waals surface area contributed by atoms with Gasteiger partial charge in [0.1, 0.15) is 5.82 Å². The van der Waals surface area contributed by atoms with Crippen LogP contribution in [-0.4, -0.2) is 5.84 Å². The molecular formula is C10H13FN2. The first kappa shape index (κ1) is 9.71. The van der Waals surface area contributed by atoms with Crippen molar-refractivity contribution in [2.75, 3.05) is 0 Å². The van der Waals surface area contributed by atoms with Crippen molar-refractivity contribution >= 4 is 5.84 Å². The second-order valence-electron chi connectivity index (χ2n) is 3.01. The van der Waals surface area contributed by atoms with E-state index in [2.05, 4.69) is 0 Å². The first-order chi connectivity index (χ1) is 6.18. The maximum atomic E-state index is 12.5. The number of benzene rings is 1. The third kappa shape index (κ3) is 3.69. The Labute approximate surface area is 77.1 Å². The number of nitrogens with one attached hydrogen (secondary N) is 1. The van der Waals surface area contributed by atoms with Gasteiger partial charge in [0.05, 0.1) is 5.84 Å². The molecule has 0 unspecified atom stereocenters. The molecule has 0 atom stereocenters. The van der Waals surface area contributed by atoms with E-state index in [0.717, 1.165) is 18.4 Å². The van der Waals surface area contributed by atoms with Gasteiger partial charge in [-0.05, 0) is 30.5 Å². The summed E-state index contributed by atoms with van der Waals surface area (Å²) in [4.78, 5) is 0. The molecule has 1 aromatic rings. The third-order valence-electron chi connectivity index (χ3n) is 1.82. The van der Waals surface area contributed by atoms with Crippen molar-refractivity contribution in [1.29, 1.82) is 5.41 Å². The number of hydrogen-bond acceptors (Lipinski definition) is 1. The maximum Gasteiger partial charge on any atom is 0.123 e. The van der Waals surface area contributed by atoms with Gasteiger partial charge in [0.15, 0.2) is 0 Å². The predicted octanol–water partition coefficient (Wildman–Crippen LogP) is 2.08. The molecule has 0 amide bonds. The molecule has 0 radical (unpaired) electrons. The van der Waals surface area contributed by atoms with Crippen molar-refractivity contribution < 1.29 is 4.39 Å². The molecule has 0 aromatic heterocycles. The zero-order chi connectivity index (χ0) is 9.68. The number of rotatable bonds is 4. The highest BCUT2D eigenvalue weighted by molar-refractivity contribution is 5.76. The molecule has 0 aliphatic heterocycles. The number of aryl methyl sites for hydroxylation is 1. The average Bonchev–Trinajstić information content (AvgIpc) is 2.08. The number of nitrogens with two attached hydrogens (primary N) is 1. The highest BCUT2D eigenvalue weighted by Crippen LogP contribution is 2.06. The zero-order valence-corrected chi connectivity index (χ0v) is 7.39. The van der Waals surface area contributed by atoms with Crippen molar-refractivity contribution in [2.45, 2.75) is 19.3 Å². The molecule has 0 bridgehead atoms. The van der Waals surface area contributed by atoms with Crippen LogP contribution in [0, 0.1) is 11.2 Å². The van der Waals surface area contributed by atoms with Crippen LogP contribution in [0.15, 0.2) is 24.3 Å². The van der Waals surface area contributed by atoms with Gasteiger partial charge >= 0.3 is 0 Å². The summed E-state index contributed by atoms with van der Waals surface area (Å²) in [6, 6.07) is 6.41. The molecule has 1 aromatic carbocycles. The van der Waals surface area contributed by atoms with Crippen molar-refractivity contribution in [2.24, 2.45) is 5.73 Å². The topological polar surface area (TPSA) is 49.9 Å². The van der Waals surface area contributed by atoms with E-state index in [4.69, 9.17) is 11.1 Å². The lowest BCUT2D eigenvalue weighted by atomic mass is 10.1. The van der Waals surface area contributed by atoms with E-state index in [0.29, 0.717) is 6.42 Å². The van der Waals surface area contributed by atoms with Crippen molar-refractivity contribution in [3.63, 3.8) is 0 Å². The van der Waals surface area contributed by atoms with Gasteiger partial charge in [-0.3, -0.25) is 5.41 Å². The molecule has 3 heteroatoms. The quantitative estimate of drug-likeness (QED) is 0.541. The summed E-state index contributed by atoms with van der Waals surface area (Å²) in [5.74, 6) is -0.00238. The van der Waals surface area contributed by atoms with E-state index >= 15 is 0 Å².